The first kappa shape index (κ1) is 16.7. The number of benzene rings is 1. The summed E-state index contributed by atoms with van der Waals surface area (Å²) in [6.07, 6.45) is 1.97. The third-order valence-corrected chi connectivity index (χ3v) is 4.23. The van der Waals surface area contributed by atoms with E-state index < -0.39 is 6.10 Å². The highest BCUT2D eigenvalue weighted by Crippen LogP contribution is 2.16. The van der Waals surface area contributed by atoms with Crippen LogP contribution in [0.15, 0.2) is 24.3 Å². The second-order valence-electron chi connectivity index (χ2n) is 5.50. The van der Waals surface area contributed by atoms with Crippen LogP contribution in [0.4, 0.5) is 0 Å². The first-order valence-corrected chi connectivity index (χ1v) is 7.81. The summed E-state index contributed by atoms with van der Waals surface area (Å²) in [5.74, 6) is 0. The third kappa shape index (κ3) is 5.57. The average Bonchev–Trinajstić information content (AvgIpc) is 2.50. The molecule has 1 aromatic rings. The summed E-state index contributed by atoms with van der Waals surface area (Å²) >= 11 is 6.06. The lowest BCUT2D eigenvalue weighted by Crippen LogP contribution is -2.41. The van der Waals surface area contributed by atoms with Gasteiger partial charge in [-0.05, 0) is 24.5 Å². The number of rotatable bonds is 7. The molecule has 0 radical (unpaired) electrons. The van der Waals surface area contributed by atoms with Crippen LogP contribution in [0.1, 0.15) is 18.4 Å². The molecule has 2 rings (SSSR count). The van der Waals surface area contributed by atoms with Crippen LogP contribution in [0.2, 0.25) is 5.02 Å². The zero-order chi connectivity index (χ0) is 15.1. The molecular weight excluding hydrogens is 290 g/mol. The van der Waals surface area contributed by atoms with Crippen molar-refractivity contribution in [3.63, 3.8) is 0 Å². The van der Waals surface area contributed by atoms with E-state index in [1.807, 2.05) is 24.3 Å². The van der Waals surface area contributed by atoms with Crippen LogP contribution in [0.25, 0.3) is 0 Å². The number of aliphatic hydroxyl groups is 1. The van der Waals surface area contributed by atoms with Crippen molar-refractivity contribution < 1.29 is 14.6 Å². The Hall–Kier alpha value is -0.650. The predicted octanol–water partition coefficient (Wildman–Crippen LogP) is 2.33. The molecule has 0 aromatic heterocycles. The Balaban J connectivity index is 1.64. The minimum absolute atomic E-state index is 0.329. The summed E-state index contributed by atoms with van der Waals surface area (Å²) in [7, 11) is 1.76. The smallest absolute Gasteiger partial charge is 0.0900 e. The SMILES string of the molecule is COC1CCN(CC(O)COCc2ccccc2Cl)CC1. The van der Waals surface area contributed by atoms with Gasteiger partial charge in [0.05, 0.1) is 25.4 Å². The number of methoxy groups -OCH3 is 1. The minimum Gasteiger partial charge on any atom is -0.389 e. The van der Waals surface area contributed by atoms with Crippen molar-refractivity contribution in [1.29, 1.82) is 0 Å². The monoisotopic (exact) mass is 313 g/mol. The van der Waals surface area contributed by atoms with Gasteiger partial charge in [0.25, 0.3) is 0 Å². The topological polar surface area (TPSA) is 41.9 Å². The van der Waals surface area contributed by atoms with E-state index in [4.69, 9.17) is 21.1 Å². The molecule has 0 spiro atoms. The highest BCUT2D eigenvalue weighted by atomic mass is 35.5. The van der Waals surface area contributed by atoms with E-state index >= 15 is 0 Å². The molecular formula is C16H24ClNO3. The minimum atomic E-state index is -0.466. The van der Waals surface area contributed by atoms with Gasteiger partial charge >= 0.3 is 0 Å². The summed E-state index contributed by atoms with van der Waals surface area (Å²) in [6.45, 7) is 3.36. The first-order valence-electron chi connectivity index (χ1n) is 7.43. The molecule has 118 valence electrons. The van der Waals surface area contributed by atoms with Crippen LogP contribution in [0.3, 0.4) is 0 Å². The summed E-state index contributed by atoms with van der Waals surface area (Å²) in [6, 6.07) is 7.60. The first-order chi connectivity index (χ1) is 10.2. The Morgan fingerprint density at radius 3 is 2.71 bits per heavy atom. The lowest BCUT2D eigenvalue weighted by atomic mass is 10.1. The van der Waals surface area contributed by atoms with Crippen molar-refractivity contribution in [3.8, 4) is 0 Å². The molecule has 1 atom stereocenters. The van der Waals surface area contributed by atoms with Crippen LogP contribution in [-0.4, -0.2) is 55.6 Å². The summed E-state index contributed by atoms with van der Waals surface area (Å²) in [5, 5.41) is 10.7. The summed E-state index contributed by atoms with van der Waals surface area (Å²) < 4.78 is 10.9. The maximum Gasteiger partial charge on any atom is 0.0900 e. The average molecular weight is 314 g/mol. The van der Waals surface area contributed by atoms with Crippen LogP contribution in [-0.2, 0) is 16.1 Å². The molecule has 1 heterocycles. The normalized spacial score (nSPS) is 18.8. The molecule has 0 aliphatic carbocycles. The third-order valence-electron chi connectivity index (χ3n) is 3.86. The number of nitrogens with zero attached hydrogens (tertiary/aromatic N) is 1. The lowest BCUT2D eigenvalue weighted by Gasteiger charge is -2.32. The number of aliphatic hydroxyl groups excluding tert-OH is 1. The second-order valence-corrected chi connectivity index (χ2v) is 5.90. The molecule has 1 aliphatic rings. The largest absolute Gasteiger partial charge is 0.389 e. The van der Waals surface area contributed by atoms with E-state index in [-0.39, 0.29) is 0 Å². The van der Waals surface area contributed by atoms with Crippen LogP contribution in [0.5, 0.6) is 0 Å². The number of β-amino-alcohol motifs (C(OH)–C–C–N with tert-alkyl or cyclic N) is 1. The molecule has 0 bridgehead atoms. The van der Waals surface area contributed by atoms with Gasteiger partial charge in [-0.3, -0.25) is 0 Å². The zero-order valence-corrected chi connectivity index (χ0v) is 13.3. The quantitative estimate of drug-likeness (QED) is 0.839. The van der Waals surface area contributed by atoms with Crippen molar-refractivity contribution in [3.05, 3.63) is 34.9 Å². The Morgan fingerprint density at radius 2 is 2.05 bits per heavy atom. The number of hydrogen-bond donors (Lipinski definition) is 1. The number of halogens is 1. The lowest BCUT2D eigenvalue weighted by molar-refractivity contribution is -0.00901. The predicted molar refractivity (Wildman–Crippen MR) is 83.6 cm³/mol. The standard InChI is InChI=1S/C16H24ClNO3/c1-20-15-6-8-18(9-7-15)10-14(19)12-21-11-13-4-2-3-5-16(13)17/h2-5,14-15,19H,6-12H2,1H3. The highest BCUT2D eigenvalue weighted by Gasteiger charge is 2.20. The number of ether oxygens (including phenoxy) is 2. The molecule has 21 heavy (non-hydrogen) atoms. The van der Waals surface area contributed by atoms with Gasteiger partial charge in [-0.15, -0.1) is 0 Å². The molecule has 1 saturated heterocycles. The van der Waals surface area contributed by atoms with Crippen LogP contribution >= 0.6 is 11.6 Å². The summed E-state index contributed by atoms with van der Waals surface area (Å²) in [5.41, 5.74) is 0.951. The Morgan fingerprint density at radius 1 is 1.33 bits per heavy atom. The van der Waals surface area contributed by atoms with Crippen molar-refractivity contribution in [2.24, 2.45) is 0 Å². The maximum absolute atomic E-state index is 10.0. The molecule has 0 amide bonds. The van der Waals surface area contributed by atoms with E-state index in [9.17, 15) is 5.11 Å². The van der Waals surface area contributed by atoms with Gasteiger partial charge in [-0.1, -0.05) is 29.8 Å². The van der Waals surface area contributed by atoms with Crippen molar-refractivity contribution in [2.45, 2.75) is 31.7 Å². The van der Waals surface area contributed by atoms with Crippen molar-refractivity contribution >= 4 is 11.6 Å². The van der Waals surface area contributed by atoms with E-state index in [2.05, 4.69) is 4.90 Å². The Kier molecular flexibility index (Phi) is 6.93. The van der Waals surface area contributed by atoms with Gasteiger partial charge in [-0.25, -0.2) is 0 Å². The highest BCUT2D eigenvalue weighted by molar-refractivity contribution is 6.31. The number of piperidine rings is 1. The molecule has 1 N–H and O–H groups in total. The molecule has 5 heteroatoms. The fourth-order valence-electron chi connectivity index (χ4n) is 2.60. The molecule has 0 saturated carbocycles. The van der Waals surface area contributed by atoms with E-state index in [0.29, 0.717) is 30.9 Å². The van der Waals surface area contributed by atoms with Gasteiger partial charge < -0.3 is 19.5 Å². The van der Waals surface area contributed by atoms with Gasteiger partial charge in [0, 0.05) is 31.8 Å². The maximum atomic E-state index is 10.0. The fraction of sp³-hybridized carbons (Fsp3) is 0.625. The second kappa shape index (κ2) is 8.71. The van der Waals surface area contributed by atoms with Crippen molar-refractivity contribution in [2.75, 3.05) is 33.4 Å². The van der Waals surface area contributed by atoms with Crippen LogP contribution < -0.4 is 0 Å². The van der Waals surface area contributed by atoms with Gasteiger partial charge in [0.15, 0.2) is 0 Å². The Bertz CT molecular complexity index is 422. The number of hydrogen-bond acceptors (Lipinski definition) is 4. The van der Waals surface area contributed by atoms with Crippen molar-refractivity contribution in [1.82, 2.24) is 4.90 Å². The van der Waals surface area contributed by atoms with E-state index in [1.54, 1.807) is 7.11 Å². The molecule has 1 fully saturated rings. The van der Waals surface area contributed by atoms with Gasteiger partial charge in [-0.2, -0.15) is 0 Å². The fourth-order valence-corrected chi connectivity index (χ4v) is 2.79. The van der Waals surface area contributed by atoms with Crippen LogP contribution in [0, 0.1) is 0 Å². The van der Waals surface area contributed by atoms with E-state index in [0.717, 1.165) is 31.5 Å². The molecule has 1 aliphatic heterocycles. The summed E-state index contributed by atoms with van der Waals surface area (Å²) in [4.78, 5) is 2.26. The zero-order valence-electron chi connectivity index (χ0n) is 12.5. The number of likely N-dealkylation sites (tertiary alicyclic amines) is 1. The van der Waals surface area contributed by atoms with Gasteiger partial charge in [0.2, 0.25) is 0 Å². The molecule has 1 aromatic carbocycles. The Labute approximate surface area is 131 Å². The molecule has 4 nitrogen and oxygen atoms in total. The van der Waals surface area contributed by atoms with Gasteiger partial charge in [0.1, 0.15) is 0 Å². The molecule has 1 unspecified atom stereocenters. The van der Waals surface area contributed by atoms with E-state index in [1.165, 1.54) is 0 Å².